The van der Waals surface area contributed by atoms with Crippen molar-refractivity contribution in [3.8, 4) is 0 Å². The Morgan fingerprint density at radius 3 is 2.56 bits per heavy atom. The maximum Gasteiger partial charge on any atom is 0.354 e. The van der Waals surface area contributed by atoms with Crippen LogP contribution in [0, 0.1) is 0 Å². The summed E-state index contributed by atoms with van der Waals surface area (Å²) in [6, 6.07) is 5.29. The number of hydrogen-bond acceptors (Lipinski definition) is 2. The van der Waals surface area contributed by atoms with Crippen LogP contribution in [-0.2, 0) is 0 Å². The van der Waals surface area contributed by atoms with Crippen LogP contribution in [0.1, 0.15) is 54.2 Å². The number of carbonyl (C=O) groups is 1. The first-order valence-electron chi connectivity index (χ1n) is 5.47. The first-order valence-corrected chi connectivity index (χ1v) is 5.47. The minimum atomic E-state index is -0.937. The fourth-order valence-corrected chi connectivity index (χ4v) is 2.20. The zero-order valence-electron chi connectivity index (χ0n) is 9.15. The predicted molar refractivity (Wildman–Crippen MR) is 60.6 cm³/mol. The maximum atomic E-state index is 10.8. The van der Waals surface area contributed by atoms with E-state index in [9.17, 15) is 4.79 Å². The minimum absolute atomic E-state index is 0. The lowest BCUT2D eigenvalue weighted by molar-refractivity contribution is 0.0690. The molecule has 1 aliphatic rings. The zero-order chi connectivity index (χ0) is 10.7. The number of nitrogens with zero attached hydrogens (tertiary/aromatic N) is 1. The monoisotopic (exact) mass is 223 g/mol. The van der Waals surface area contributed by atoms with Crippen LogP contribution in [0.25, 0.3) is 0 Å². The minimum Gasteiger partial charge on any atom is -0.477 e. The Hall–Kier alpha value is -1.42. The van der Waals surface area contributed by atoms with Crippen molar-refractivity contribution in [2.45, 2.75) is 38.0 Å². The molecule has 4 heteroatoms. The van der Waals surface area contributed by atoms with Crippen LogP contribution in [0.4, 0.5) is 0 Å². The summed E-state index contributed by atoms with van der Waals surface area (Å²) in [6.45, 7) is 0. The van der Waals surface area contributed by atoms with E-state index in [1.807, 2.05) is 6.07 Å². The summed E-state index contributed by atoms with van der Waals surface area (Å²) in [7, 11) is 0. The molecule has 0 atom stereocenters. The zero-order valence-corrected chi connectivity index (χ0v) is 9.15. The second kappa shape index (κ2) is 5.61. The van der Waals surface area contributed by atoms with Crippen LogP contribution < -0.4 is 0 Å². The van der Waals surface area contributed by atoms with Crippen LogP contribution in [0.2, 0.25) is 0 Å². The van der Waals surface area contributed by atoms with Crippen molar-refractivity contribution in [2.75, 3.05) is 0 Å². The number of pyridine rings is 1. The third-order valence-corrected chi connectivity index (χ3v) is 3.01. The normalized spacial score (nSPS) is 16.5. The summed E-state index contributed by atoms with van der Waals surface area (Å²) in [4.78, 5) is 15.0. The molecule has 4 nitrogen and oxygen atoms in total. The molecule has 0 amide bonds. The maximum absolute atomic E-state index is 10.8. The predicted octanol–water partition coefficient (Wildman–Crippen LogP) is 2.00. The molecular formula is C12H17NO3. The first-order chi connectivity index (χ1) is 7.27. The van der Waals surface area contributed by atoms with Gasteiger partial charge in [0.1, 0.15) is 5.69 Å². The summed E-state index contributed by atoms with van der Waals surface area (Å²) >= 11 is 0. The van der Waals surface area contributed by atoms with Gasteiger partial charge >= 0.3 is 5.97 Å². The Morgan fingerprint density at radius 1 is 1.25 bits per heavy atom. The van der Waals surface area contributed by atoms with Gasteiger partial charge in [-0.2, -0.15) is 0 Å². The van der Waals surface area contributed by atoms with E-state index >= 15 is 0 Å². The Bertz CT molecular complexity index is 359. The average molecular weight is 223 g/mol. The van der Waals surface area contributed by atoms with E-state index in [-0.39, 0.29) is 11.2 Å². The van der Waals surface area contributed by atoms with E-state index in [4.69, 9.17) is 5.11 Å². The molecule has 0 spiro atoms. The molecule has 1 fully saturated rings. The summed E-state index contributed by atoms with van der Waals surface area (Å²) < 4.78 is 0. The molecule has 16 heavy (non-hydrogen) atoms. The SMILES string of the molecule is O.O=C(O)c1cccc(C2CCCCC2)n1. The van der Waals surface area contributed by atoms with Gasteiger partial charge in [-0.3, -0.25) is 0 Å². The van der Waals surface area contributed by atoms with Crippen LogP contribution in [0.5, 0.6) is 0 Å². The van der Waals surface area contributed by atoms with Crippen molar-refractivity contribution in [1.29, 1.82) is 0 Å². The lowest BCUT2D eigenvalue weighted by Crippen LogP contribution is -2.09. The van der Waals surface area contributed by atoms with Crippen LogP contribution >= 0.6 is 0 Å². The lowest BCUT2D eigenvalue weighted by atomic mass is 9.86. The average Bonchev–Trinajstić information content (AvgIpc) is 2.30. The van der Waals surface area contributed by atoms with E-state index in [0.717, 1.165) is 18.5 Å². The van der Waals surface area contributed by atoms with Crippen LogP contribution in [0.3, 0.4) is 0 Å². The van der Waals surface area contributed by atoms with Gasteiger partial charge in [-0.05, 0) is 25.0 Å². The van der Waals surface area contributed by atoms with E-state index in [2.05, 4.69) is 4.98 Å². The number of rotatable bonds is 2. The highest BCUT2D eigenvalue weighted by molar-refractivity contribution is 5.85. The van der Waals surface area contributed by atoms with E-state index in [1.165, 1.54) is 19.3 Å². The second-order valence-corrected chi connectivity index (χ2v) is 4.09. The van der Waals surface area contributed by atoms with Crippen molar-refractivity contribution in [1.82, 2.24) is 4.98 Å². The van der Waals surface area contributed by atoms with Gasteiger partial charge in [0.2, 0.25) is 0 Å². The van der Waals surface area contributed by atoms with Gasteiger partial charge in [0.15, 0.2) is 0 Å². The van der Waals surface area contributed by atoms with Crippen molar-refractivity contribution in [3.63, 3.8) is 0 Å². The molecule has 0 saturated heterocycles. The Labute approximate surface area is 94.6 Å². The van der Waals surface area contributed by atoms with Crippen LogP contribution in [-0.4, -0.2) is 21.5 Å². The molecule has 0 aliphatic heterocycles. The molecule has 1 aromatic heterocycles. The summed E-state index contributed by atoms with van der Waals surface area (Å²) in [5.74, 6) is -0.467. The van der Waals surface area contributed by atoms with Gasteiger partial charge in [-0.25, -0.2) is 9.78 Å². The Balaban J connectivity index is 0.00000128. The van der Waals surface area contributed by atoms with Gasteiger partial charge < -0.3 is 10.6 Å². The van der Waals surface area contributed by atoms with E-state index < -0.39 is 5.97 Å². The number of hydrogen-bond donors (Lipinski definition) is 1. The van der Waals surface area contributed by atoms with Crippen molar-refractivity contribution < 1.29 is 15.4 Å². The first kappa shape index (κ1) is 12.6. The number of carboxylic acid groups (broad SMARTS) is 1. The molecule has 1 aromatic rings. The fraction of sp³-hybridized carbons (Fsp3) is 0.500. The van der Waals surface area contributed by atoms with Gasteiger partial charge in [0.25, 0.3) is 0 Å². The van der Waals surface area contributed by atoms with Gasteiger partial charge in [-0.15, -0.1) is 0 Å². The second-order valence-electron chi connectivity index (χ2n) is 4.09. The quantitative estimate of drug-likeness (QED) is 0.832. The molecule has 0 aromatic carbocycles. The molecule has 1 heterocycles. The van der Waals surface area contributed by atoms with Crippen LogP contribution in [0.15, 0.2) is 18.2 Å². The van der Waals surface area contributed by atoms with Crippen molar-refractivity contribution in [3.05, 3.63) is 29.6 Å². The third kappa shape index (κ3) is 2.79. The molecule has 0 unspecified atom stereocenters. The smallest absolute Gasteiger partial charge is 0.354 e. The van der Waals surface area contributed by atoms with Gasteiger partial charge in [-0.1, -0.05) is 25.3 Å². The van der Waals surface area contributed by atoms with Crippen molar-refractivity contribution >= 4 is 5.97 Å². The summed E-state index contributed by atoms with van der Waals surface area (Å²) in [6.07, 6.45) is 6.08. The van der Waals surface area contributed by atoms with E-state index in [1.54, 1.807) is 12.1 Å². The summed E-state index contributed by atoms with van der Waals surface area (Å²) in [5, 5.41) is 8.85. The molecule has 2 rings (SSSR count). The summed E-state index contributed by atoms with van der Waals surface area (Å²) in [5.41, 5.74) is 1.12. The highest BCUT2D eigenvalue weighted by Gasteiger charge is 2.17. The largest absolute Gasteiger partial charge is 0.477 e. The van der Waals surface area contributed by atoms with E-state index in [0.29, 0.717) is 5.92 Å². The van der Waals surface area contributed by atoms with Gasteiger partial charge in [0.05, 0.1) is 0 Å². The molecule has 0 radical (unpaired) electrons. The third-order valence-electron chi connectivity index (χ3n) is 3.01. The highest BCUT2D eigenvalue weighted by atomic mass is 16.4. The Kier molecular flexibility index (Phi) is 4.43. The number of aromatic nitrogens is 1. The molecule has 0 bridgehead atoms. The lowest BCUT2D eigenvalue weighted by Gasteiger charge is -2.20. The molecule has 1 saturated carbocycles. The van der Waals surface area contributed by atoms with Gasteiger partial charge in [0, 0.05) is 11.6 Å². The fourth-order valence-electron chi connectivity index (χ4n) is 2.20. The molecule has 1 aliphatic carbocycles. The molecular weight excluding hydrogens is 206 g/mol. The highest BCUT2D eigenvalue weighted by Crippen LogP contribution is 2.31. The number of carboxylic acids is 1. The standard InChI is InChI=1S/C12H15NO2.H2O/c14-12(15)11-8-4-7-10(13-11)9-5-2-1-3-6-9;/h4,7-9H,1-3,5-6H2,(H,14,15);1H2. The topological polar surface area (TPSA) is 81.7 Å². The molecule has 3 N–H and O–H groups in total. The molecule has 88 valence electrons. The van der Waals surface area contributed by atoms with Crippen molar-refractivity contribution in [2.24, 2.45) is 0 Å². The number of aromatic carboxylic acids is 1. The Morgan fingerprint density at radius 2 is 1.94 bits per heavy atom.